The van der Waals surface area contributed by atoms with Crippen molar-refractivity contribution < 1.29 is 33.5 Å². The summed E-state index contributed by atoms with van der Waals surface area (Å²) in [6.45, 7) is -0.487. The van der Waals surface area contributed by atoms with Gasteiger partial charge in [-0.15, -0.1) is 0 Å². The molecule has 3 unspecified atom stereocenters. The lowest BCUT2D eigenvalue weighted by atomic mass is 9.93. The molecule has 1 fully saturated rings. The van der Waals surface area contributed by atoms with Crippen LogP contribution in [0, 0.1) is 0 Å². The van der Waals surface area contributed by atoms with Crippen molar-refractivity contribution in [2.45, 2.75) is 24.3 Å². The summed E-state index contributed by atoms with van der Waals surface area (Å²) in [6, 6.07) is -1.07. The minimum absolute atomic E-state index is 0.487. The average Bonchev–Trinajstić information content (AvgIpc) is 2.45. The quantitative estimate of drug-likeness (QED) is 0.398. The van der Waals surface area contributed by atoms with E-state index in [1.165, 1.54) is 0 Å². The molecule has 0 saturated carbocycles. The minimum Gasteiger partial charge on any atom is -0.394 e. The fraction of sp³-hybridized carbons (Fsp3) is 1.00. The standard InChI is InChI=1S/C6H12BO7P/c1-12-15(10,11)14-5-3(2-8)13-6(7)4(5)9/h3-6,8-9H,2H2,1H3,(H,10,11)/t3-,4?,5?,6-/m1/s1. The van der Waals surface area contributed by atoms with Gasteiger partial charge < -0.3 is 19.8 Å². The van der Waals surface area contributed by atoms with Crippen LogP contribution in [0.2, 0.25) is 0 Å². The van der Waals surface area contributed by atoms with Crippen LogP contribution in [0.25, 0.3) is 0 Å². The van der Waals surface area contributed by atoms with Crippen LogP contribution in [0.5, 0.6) is 0 Å². The second-order valence-corrected chi connectivity index (χ2v) is 4.55. The maximum atomic E-state index is 11.1. The van der Waals surface area contributed by atoms with Crippen molar-refractivity contribution >= 4 is 15.7 Å². The van der Waals surface area contributed by atoms with Crippen LogP contribution in [0.3, 0.4) is 0 Å². The van der Waals surface area contributed by atoms with E-state index >= 15 is 0 Å². The zero-order valence-corrected chi connectivity index (χ0v) is 8.91. The highest BCUT2D eigenvalue weighted by atomic mass is 31.2. The second-order valence-electron chi connectivity index (χ2n) is 3.03. The molecule has 15 heavy (non-hydrogen) atoms. The van der Waals surface area contributed by atoms with Crippen LogP contribution in [-0.4, -0.2) is 61.0 Å². The van der Waals surface area contributed by atoms with E-state index in [0.717, 1.165) is 7.11 Å². The molecule has 0 amide bonds. The van der Waals surface area contributed by atoms with Crippen molar-refractivity contribution in [2.24, 2.45) is 0 Å². The molecule has 7 nitrogen and oxygen atoms in total. The molecule has 1 aliphatic heterocycles. The fourth-order valence-corrected chi connectivity index (χ4v) is 1.89. The molecule has 3 N–H and O–H groups in total. The summed E-state index contributed by atoms with van der Waals surface area (Å²) in [6.07, 6.45) is -3.44. The number of ether oxygens (including phenoxy) is 1. The van der Waals surface area contributed by atoms with Gasteiger partial charge in [0.15, 0.2) is 0 Å². The zero-order chi connectivity index (χ0) is 11.6. The fourth-order valence-electron chi connectivity index (χ4n) is 1.24. The first-order valence-corrected chi connectivity index (χ1v) is 5.67. The number of phosphoric acid groups is 1. The molecule has 0 aromatic rings. The third kappa shape index (κ3) is 3.01. The average molecular weight is 238 g/mol. The molecule has 5 atom stereocenters. The van der Waals surface area contributed by atoms with E-state index in [0.29, 0.717) is 0 Å². The number of phosphoric ester groups is 1. The Morgan fingerprint density at radius 2 is 2.20 bits per heavy atom. The molecule has 1 aliphatic rings. The van der Waals surface area contributed by atoms with Crippen molar-refractivity contribution in [3.63, 3.8) is 0 Å². The summed E-state index contributed by atoms with van der Waals surface area (Å²) >= 11 is 0. The Balaban J connectivity index is 2.70. The van der Waals surface area contributed by atoms with Crippen LogP contribution >= 0.6 is 7.82 Å². The maximum Gasteiger partial charge on any atom is 0.472 e. The Labute approximate surface area is 88.0 Å². The van der Waals surface area contributed by atoms with Crippen molar-refractivity contribution in [1.82, 2.24) is 0 Å². The highest BCUT2D eigenvalue weighted by molar-refractivity contribution is 7.47. The summed E-state index contributed by atoms with van der Waals surface area (Å²) in [5.41, 5.74) is 0. The van der Waals surface area contributed by atoms with Gasteiger partial charge in [0, 0.05) is 13.1 Å². The lowest BCUT2D eigenvalue weighted by Gasteiger charge is -2.21. The number of aliphatic hydroxyl groups is 2. The Kier molecular flexibility index (Phi) is 4.31. The smallest absolute Gasteiger partial charge is 0.394 e. The molecule has 0 aliphatic carbocycles. The molecule has 1 saturated heterocycles. The van der Waals surface area contributed by atoms with Gasteiger partial charge in [0.25, 0.3) is 0 Å². The molecule has 86 valence electrons. The monoisotopic (exact) mass is 238 g/mol. The zero-order valence-electron chi connectivity index (χ0n) is 8.02. The Morgan fingerprint density at radius 1 is 1.60 bits per heavy atom. The van der Waals surface area contributed by atoms with Gasteiger partial charge in [-0.05, 0) is 0 Å². The van der Waals surface area contributed by atoms with Gasteiger partial charge in [-0.25, -0.2) is 4.57 Å². The molecule has 1 rings (SSSR count). The first-order chi connectivity index (χ1) is 6.91. The molecule has 1 heterocycles. The highest BCUT2D eigenvalue weighted by Crippen LogP contribution is 2.46. The molecular formula is C6H12BO7P. The molecule has 2 radical (unpaired) electrons. The van der Waals surface area contributed by atoms with E-state index in [-0.39, 0.29) is 0 Å². The third-order valence-corrected chi connectivity index (χ3v) is 3.01. The van der Waals surface area contributed by atoms with Crippen LogP contribution in [0.1, 0.15) is 0 Å². The molecule has 0 spiro atoms. The van der Waals surface area contributed by atoms with Crippen molar-refractivity contribution in [3.05, 3.63) is 0 Å². The van der Waals surface area contributed by atoms with E-state index in [1.54, 1.807) is 0 Å². The van der Waals surface area contributed by atoms with Crippen LogP contribution < -0.4 is 0 Å². The summed E-state index contributed by atoms with van der Waals surface area (Å²) in [7, 11) is 2.06. The van der Waals surface area contributed by atoms with Gasteiger partial charge in [-0.2, -0.15) is 0 Å². The van der Waals surface area contributed by atoms with Crippen molar-refractivity contribution in [1.29, 1.82) is 0 Å². The van der Waals surface area contributed by atoms with Gasteiger partial charge >= 0.3 is 7.82 Å². The van der Waals surface area contributed by atoms with E-state index in [9.17, 15) is 9.67 Å². The first kappa shape index (κ1) is 13.1. The first-order valence-electron chi connectivity index (χ1n) is 4.18. The maximum absolute atomic E-state index is 11.1. The van der Waals surface area contributed by atoms with E-state index in [4.69, 9.17) is 22.6 Å². The highest BCUT2D eigenvalue weighted by Gasteiger charge is 2.45. The summed E-state index contributed by atoms with van der Waals surface area (Å²) in [5, 5.41) is 18.3. The van der Waals surface area contributed by atoms with Gasteiger partial charge in [-0.1, -0.05) is 0 Å². The third-order valence-electron chi connectivity index (χ3n) is 2.04. The van der Waals surface area contributed by atoms with Crippen LogP contribution in [-0.2, 0) is 18.3 Å². The van der Waals surface area contributed by atoms with Gasteiger partial charge in [0.2, 0.25) is 0 Å². The summed E-state index contributed by atoms with van der Waals surface area (Å²) < 4.78 is 24.7. The summed E-state index contributed by atoms with van der Waals surface area (Å²) in [4.78, 5) is 9.02. The molecule has 9 heteroatoms. The molecule has 0 aromatic carbocycles. The van der Waals surface area contributed by atoms with E-state index in [2.05, 4.69) is 9.05 Å². The SMILES string of the molecule is [B][C@@H]1O[C@H](CO)C(OP(=O)(O)OC)C1O. The molecular weight excluding hydrogens is 226 g/mol. The van der Waals surface area contributed by atoms with E-state index < -0.39 is 38.7 Å². The van der Waals surface area contributed by atoms with Gasteiger partial charge in [-0.3, -0.25) is 9.05 Å². The van der Waals surface area contributed by atoms with Crippen molar-refractivity contribution in [2.75, 3.05) is 13.7 Å². The predicted molar refractivity (Wildman–Crippen MR) is 49.2 cm³/mol. The summed E-state index contributed by atoms with van der Waals surface area (Å²) in [5.74, 6) is 0. The van der Waals surface area contributed by atoms with Gasteiger partial charge in [0.1, 0.15) is 26.2 Å². The minimum atomic E-state index is -4.24. The van der Waals surface area contributed by atoms with Crippen LogP contribution in [0.4, 0.5) is 0 Å². The number of hydrogen-bond donors (Lipinski definition) is 3. The van der Waals surface area contributed by atoms with E-state index in [1.807, 2.05) is 0 Å². The number of rotatable bonds is 4. The number of aliphatic hydroxyl groups excluding tert-OH is 2. The number of hydrogen-bond acceptors (Lipinski definition) is 6. The molecule has 0 bridgehead atoms. The predicted octanol–water partition coefficient (Wildman–Crippen LogP) is -1.64. The normalized spacial score (nSPS) is 40.3. The Bertz CT molecular complexity index is 262. The lowest BCUT2D eigenvalue weighted by Crippen LogP contribution is -2.36. The second kappa shape index (κ2) is 4.92. The topological polar surface area (TPSA) is 105 Å². The Hall–Kier alpha value is 0.0549. The van der Waals surface area contributed by atoms with Crippen molar-refractivity contribution in [3.8, 4) is 0 Å². The largest absolute Gasteiger partial charge is 0.472 e. The van der Waals surface area contributed by atoms with Crippen LogP contribution in [0.15, 0.2) is 0 Å². The Morgan fingerprint density at radius 3 is 2.67 bits per heavy atom. The lowest BCUT2D eigenvalue weighted by molar-refractivity contribution is -0.0109. The van der Waals surface area contributed by atoms with Gasteiger partial charge in [0.05, 0.1) is 6.61 Å². The molecule has 0 aromatic heterocycles.